The Morgan fingerprint density at radius 1 is 0.903 bits per heavy atom. The molecule has 0 aliphatic rings. The third-order valence-electron chi connectivity index (χ3n) is 5.17. The molecular weight excluding hydrogens is 388 g/mol. The summed E-state index contributed by atoms with van der Waals surface area (Å²) in [6, 6.07) is 25.0. The fraction of sp³-hybridized carbons (Fsp3) is 0.115. The molecule has 0 fully saturated rings. The van der Waals surface area contributed by atoms with Crippen LogP contribution in [0.2, 0.25) is 0 Å². The lowest BCUT2D eigenvalue weighted by Crippen LogP contribution is -2.17. The number of esters is 1. The minimum Gasteiger partial charge on any atom is -0.469 e. The Morgan fingerprint density at radius 2 is 1.68 bits per heavy atom. The standard InChI is InChI=1S/C26H22N2O3/c1-31-23(29)16-15-19-10-5-13-21(18-8-3-2-4-9-18)24(19)26(30)28-22-14-6-11-20-12-7-17-27-25(20)22/h2-14,17H,15-16H2,1H3,(H,28,30). The zero-order valence-electron chi connectivity index (χ0n) is 17.2. The van der Waals surface area contributed by atoms with E-state index in [4.69, 9.17) is 4.74 Å². The molecule has 0 radical (unpaired) electrons. The van der Waals surface area contributed by atoms with Gasteiger partial charge in [0.2, 0.25) is 0 Å². The molecule has 5 nitrogen and oxygen atoms in total. The maximum Gasteiger partial charge on any atom is 0.305 e. The first kappa shape index (κ1) is 20.3. The SMILES string of the molecule is COC(=O)CCc1cccc(-c2ccccc2)c1C(=O)Nc1cccc2cccnc12. The zero-order chi connectivity index (χ0) is 21.6. The number of carbonyl (C=O) groups is 2. The van der Waals surface area contributed by atoms with Crippen LogP contribution in [0.15, 0.2) is 85.1 Å². The Balaban J connectivity index is 1.77. The van der Waals surface area contributed by atoms with E-state index in [1.165, 1.54) is 7.11 Å². The summed E-state index contributed by atoms with van der Waals surface area (Å²) in [5.74, 6) is -0.549. The number of nitrogens with zero attached hydrogens (tertiary/aromatic N) is 1. The van der Waals surface area contributed by atoms with E-state index in [2.05, 4.69) is 10.3 Å². The third-order valence-corrected chi connectivity index (χ3v) is 5.17. The third kappa shape index (κ3) is 4.46. The maximum atomic E-state index is 13.5. The molecule has 0 aliphatic carbocycles. The number of nitrogens with one attached hydrogen (secondary N) is 1. The van der Waals surface area contributed by atoms with Crippen molar-refractivity contribution in [2.45, 2.75) is 12.8 Å². The van der Waals surface area contributed by atoms with Gasteiger partial charge in [0.1, 0.15) is 0 Å². The highest BCUT2D eigenvalue weighted by atomic mass is 16.5. The Labute approximate surface area is 180 Å². The highest BCUT2D eigenvalue weighted by Gasteiger charge is 2.19. The van der Waals surface area contributed by atoms with E-state index in [0.29, 0.717) is 17.7 Å². The van der Waals surface area contributed by atoms with E-state index in [-0.39, 0.29) is 18.3 Å². The number of hydrogen-bond acceptors (Lipinski definition) is 4. The molecule has 0 saturated carbocycles. The van der Waals surface area contributed by atoms with Crippen LogP contribution in [-0.2, 0) is 16.0 Å². The molecule has 3 aromatic carbocycles. The van der Waals surface area contributed by atoms with Crippen molar-refractivity contribution in [2.75, 3.05) is 12.4 Å². The number of methoxy groups -OCH3 is 1. The number of aryl methyl sites for hydroxylation is 1. The van der Waals surface area contributed by atoms with Crippen molar-refractivity contribution in [3.05, 3.63) is 96.2 Å². The lowest BCUT2D eigenvalue weighted by Gasteiger charge is -2.16. The molecule has 4 aromatic rings. The van der Waals surface area contributed by atoms with Crippen LogP contribution in [0.5, 0.6) is 0 Å². The number of carbonyl (C=O) groups excluding carboxylic acids is 2. The molecule has 1 N–H and O–H groups in total. The van der Waals surface area contributed by atoms with E-state index in [1.54, 1.807) is 6.20 Å². The molecule has 0 saturated heterocycles. The van der Waals surface area contributed by atoms with Crippen molar-refractivity contribution in [1.29, 1.82) is 0 Å². The van der Waals surface area contributed by atoms with Crippen LogP contribution in [0.25, 0.3) is 22.0 Å². The summed E-state index contributed by atoms with van der Waals surface area (Å²) in [6.07, 6.45) is 2.31. The molecule has 4 rings (SSSR count). The number of aromatic nitrogens is 1. The summed E-state index contributed by atoms with van der Waals surface area (Å²) in [4.78, 5) is 29.7. The van der Waals surface area contributed by atoms with Crippen molar-refractivity contribution < 1.29 is 14.3 Å². The Bertz CT molecular complexity index is 1230. The highest BCUT2D eigenvalue weighted by molar-refractivity contribution is 6.12. The number of rotatable bonds is 6. The first-order chi connectivity index (χ1) is 15.2. The number of pyridine rings is 1. The Hall–Kier alpha value is -3.99. The molecule has 1 amide bonds. The fourth-order valence-corrected chi connectivity index (χ4v) is 3.66. The molecular formula is C26H22N2O3. The summed E-state index contributed by atoms with van der Waals surface area (Å²) >= 11 is 0. The van der Waals surface area contributed by atoms with Crippen molar-refractivity contribution in [3.63, 3.8) is 0 Å². The van der Waals surface area contributed by atoms with Crippen molar-refractivity contribution in [2.24, 2.45) is 0 Å². The average Bonchev–Trinajstić information content (AvgIpc) is 2.83. The lowest BCUT2D eigenvalue weighted by atomic mass is 9.92. The zero-order valence-corrected chi connectivity index (χ0v) is 17.2. The average molecular weight is 410 g/mol. The molecule has 154 valence electrons. The van der Waals surface area contributed by atoms with Gasteiger partial charge in [-0.3, -0.25) is 14.6 Å². The summed E-state index contributed by atoms with van der Waals surface area (Å²) in [5, 5.41) is 3.98. The monoisotopic (exact) mass is 410 g/mol. The molecule has 0 atom stereocenters. The molecule has 31 heavy (non-hydrogen) atoms. The van der Waals surface area contributed by atoms with Gasteiger partial charge in [0.15, 0.2) is 0 Å². The van der Waals surface area contributed by atoms with Crippen molar-refractivity contribution >= 4 is 28.5 Å². The fourth-order valence-electron chi connectivity index (χ4n) is 3.66. The lowest BCUT2D eigenvalue weighted by molar-refractivity contribution is -0.140. The predicted octanol–water partition coefficient (Wildman–Crippen LogP) is 5.26. The minimum absolute atomic E-state index is 0.199. The van der Waals surface area contributed by atoms with Crippen LogP contribution < -0.4 is 5.32 Å². The quantitative estimate of drug-likeness (QED) is 0.440. The second-order valence-electron chi connectivity index (χ2n) is 7.12. The number of benzene rings is 3. The first-order valence-electron chi connectivity index (χ1n) is 10.1. The Kier molecular flexibility index (Phi) is 6.03. The van der Waals surface area contributed by atoms with Gasteiger partial charge in [0, 0.05) is 18.0 Å². The number of hydrogen-bond donors (Lipinski definition) is 1. The van der Waals surface area contributed by atoms with Crippen LogP contribution in [-0.4, -0.2) is 24.0 Å². The summed E-state index contributed by atoms with van der Waals surface area (Å²) in [6.45, 7) is 0. The van der Waals surface area contributed by atoms with Crippen LogP contribution >= 0.6 is 0 Å². The van der Waals surface area contributed by atoms with E-state index in [9.17, 15) is 9.59 Å². The first-order valence-corrected chi connectivity index (χ1v) is 10.1. The number of amides is 1. The molecule has 0 aliphatic heterocycles. The van der Waals surface area contributed by atoms with Gasteiger partial charge in [-0.1, -0.05) is 66.7 Å². The van der Waals surface area contributed by atoms with Gasteiger partial charge in [0.05, 0.1) is 23.9 Å². The van der Waals surface area contributed by atoms with Gasteiger partial charge in [-0.15, -0.1) is 0 Å². The number of fused-ring (bicyclic) bond motifs is 1. The van der Waals surface area contributed by atoms with E-state index in [1.807, 2.05) is 78.9 Å². The predicted molar refractivity (Wildman–Crippen MR) is 122 cm³/mol. The summed E-state index contributed by atoms with van der Waals surface area (Å²) < 4.78 is 4.78. The van der Waals surface area contributed by atoms with E-state index in [0.717, 1.165) is 27.6 Å². The molecule has 1 aromatic heterocycles. The molecule has 0 spiro atoms. The van der Waals surface area contributed by atoms with Gasteiger partial charge in [0.25, 0.3) is 5.91 Å². The molecule has 5 heteroatoms. The number of para-hydroxylation sites is 1. The smallest absolute Gasteiger partial charge is 0.305 e. The Morgan fingerprint density at radius 3 is 2.48 bits per heavy atom. The number of anilines is 1. The van der Waals surface area contributed by atoms with Crippen LogP contribution in [0.1, 0.15) is 22.3 Å². The summed E-state index contributed by atoms with van der Waals surface area (Å²) in [7, 11) is 1.36. The minimum atomic E-state index is -0.310. The van der Waals surface area contributed by atoms with E-state index >= 15 is 0 Å². The van der Waals surface area contributed by atoms with Crippen LogP contribution in [0, 0.1) is 0 Å². The molecule has 0 unspecified atom stereocenters. The molecule has 0 bridgehead atoms. The topological polar surface area (TPSA) is 68.3 Å². The second kappa shape index (κ2) is 9.22. The number of ether oxygens (including phenoxy) is 1. The summed E-state index contributed by atoms with van der Waals surface area (Å²) in [5.41, 5.74) is 4.46. The van der Waals surface area contributed by atoms with Crippen molar-refractivity contribution in [1.82, 2.24) is 4.98 Å². The molecule has 1 heterocycles. The van der Waals surface area contributed by atoms with Crippen molar-refractivity contribution in [3.8, 4) is 11.1 Å². The maximum absolute atomic E-state index is 13.5. The second-order valence-corrected chi connectivity index (χ2v) is 7.12. The largest absolute Gasteiger partial charge is 0.469 e. The van der Waals surface area contributed by atoms with Crippen LogP contribution in [0.4, 0.5) is 5.69 Å². The van der Waals surface area contributed by atoms with Gasteiger partial charge in [-0.05, 0) is 35.2 Å². The highest BCUT2D eigenvalue weighted by Crippen LogP contribution is 2.29. The van der Waals surface area contributed by atoms with Gasteiger partial charge >= 0.3 is 5.97 Å². The van der Waals surface area contributed by atoms with Crippen LogP contribution in [0.3, 0.4) is 0 Å². The van der Waals surface area contributed by atoms with E-state index < -0.39 is 0 Å². The normalized spacial score (nSPS) is 10.6. The van der Waals surface area contributed by atoms with Gasteiger partial charge < -0.3 is 10.1 Å². The van der Waals surface area contributed by atoms with Gasteiger partial charge in [-0.2, -0.15) is 0 Å². The van der Waals surface area contributed by atoms with Gasteiger partial charge in [-0.25, -0.2) is 0 Å².